The first-order valence-electron chi connectivity index (χ1n) is 6.88. The number of hydrazone groups is 1. The van der Waals surface area contributed by atoms with Gasteiger partial charge in [-0.2, -0.15) is 10.2 Å². The number of nitrogens with zero attached hydrogens (tertiary/aromatic N) is 3. The van der Waals surface area contributed by atoms with Crippen LogP contribution in [0, 0.1) is 0 Å². The summed E-state index contributed by atoms with van der Waals surface area (Å²) in [5.74, 6) is 0.132. The van der Waals surface area contributed by atoms with Crippen molar-refractivity contribution in [3.63, 3.8) is 0 Å². The average molecular weight is 402 g/mol. The van der Waals surface area contributed by atoms with Gasteiger partial charge in [-0.1, -0.05) is 52.8 Å². The van der Waals surface area contributed by atoms with E-state index in [2.05, 4.69) is 20.9 Å². The quantitative estimate of drug-likeness (QED) is 0.816. The van der Waals surface area contributed by atoms with Gasteiger partial charge in [0.1, 0.15) is 11.1 Å². The summed E-state index contributed by atoms with van der Waals surface area (Å²) in [6.45, 7) is 0. The summed E-state index contributed by atoms with van der Waals surface area (Å²) in [5.41, 5.74) is 4.38. The van der Waals surface area contributed by atoms with Gasteiger partial charge in [0.05, 0.1) is 10.8 Å². The maximum absolute atomic E-state index is 12.0. The molecule has 0 unspecified atom stereocenters. The highest BCUT2D eigenvalue weighted by Gasteiger charge is 2.26. The zero-order valence-corrected chi connectivity index (χ0v) is 15.6. The number of halogens is 2. The number of nitrogens with one attached hydrogen (secondary N) is 2. The van der Waals surface area contributed by atoms with Gasteiger partial charge in [0.2, 0.25) is 5.91 Å². The number of hydrogen-bond donors (Lipinski definition) is 2. The zero-order valence-electron chi connectivity index (χ0n) is 12.5. The van der Waals surface area contributed by atoms with E-state index in [9.17, 15) is 4.79 Å². The van der Waals surface area contributed by atoms with Gasteiger partial charge in [-0.15, -0.1) is 0 Å². The molecular weight excluding hydrogens is 389 g/mol. The Morgan fingerprint density at radius 1 is 1.50 bits per heavy atom. The molecule has 0 fully saturated rings. The molecule has 1 aliphatic heterocycles. The smallest absolute Gasteiger partial charge is 0.234 e. The van der Waals surface area contributed by atoms with Crippen molar-refractivity contribution in [2.75, 3.05) is 11.1 Å². The summed E-state index contributed by atoms with van der Waals surface area (Å²) in [6.07, 6.45) is 1.74. The van der Waals surface area contributed by atoms with Crippen LogP contribution in [0.25, 0.3) is 0 Å². The number of aromatic nitrogens is 2. The molecule has 0 saturated heterocycles. The van der Waals surface area contributed by atoms with E-state index in [0.29, 0.717) is 15.7 Å². The normalized spacial score (nSPS) is 16.6. The van der Waals surface area contributed by atoms with E-state index in [4.69, 9.17) is 23.2 Å². The van der Waals surface area contributed by atoms with Crippen molar-refractivity contribution in [3.05, 3.63) is 46.2 Å². The Kier molecular flexibility index (Phi) is 5.60. The van der Waals surface area contributed by atoms with E-state index < -0.39 is 0 Å². The van der Waals surface area contributed by atoms with E-state index in [1.165, 1.54) is 23.5 Å². The molecule has 1 aliphatic rings. The second kappa shape index (κ2) is 7.69. The molecule has 1 aromatic heterocycles. The number of aryl methyl sites for hydroxylation is 1. The number of benzene rings is 1. The molecule has 6 nitrogen and oxygen atoms in total. The Balaban J connectivity index is 1.49. The number of carbonyl (C=O) groups is 1. The molecule has 1 amide bonds. The minimum Gasteiger partial charge on any atom is -0.325 e. The molecule has 2 heterocycles. The predicted molar refractivity (Wildman–Crippen MR) is 102 cm³/mol. The van der Waals surface area contributed by atoms with Crippen LogP contribution in [-0.4, -0.2) is 25.8 Å². The SMILES string of the molecule is Cn1cc(Cl)c([C@H]2NN=C(SCC(=O)Nc3cccc(Cl)c3)S2)n1. The summed E-state index contributed by atoms with van der Waals surface area (Å²) in [4.78, 5) is 12.0. The number of anilines is 1. The first kappa shape index (κ1) is 17.5. The van der Waals surface area contributed by atoms with Crippen molar-refractivity contribution < 1.29 is 4.79 Å². The van der Waals surface area contributed by atoms with Crippen LogP contribution in [0.1, 0.15) is 11.1 Å². The number of hydrogen-bond acceptors (Lipinski definition) is 6. The van der Waals surface area contributed by atoms with Crippen LogP contribution in [0.3, 0.4) is 0 Å². The number of amides is 1. The standard InChI is InChI=1S/C14H13Cl2N5OS2/c1-21-6-10(16)12(20-21)13-18-19-14(24-13)23-7-11(22)17-9-4-2-3-8(15)5-9/h2-6,13,18H,7H2,1H3,(H,17,22)/t13-/m0/s1. The molecule has 0 aliphatic carbocycles. The molecule has 0 saturated carbocycles. The van der Waals surface area contributed by atoms with Crippen molar-refractivity contribution in [3.8, 4) is 0 Å². The average Bonchev–Trinajstić information content (AvgIpc) is 3.11. The lowest BCUT2D eigenvalue weighted by Gasteiger charge is -2.06. The summed E-state index contributed by atoms with van der Waals surface area (Å²) >= 11 is 14.9. The molecule has 2 N–H and O–H groups in total. The zero-order chi connectivity index (χ0) is 17.1. The van der Waals surface area contributed by atoms with Crippen molar-refractivity contribution >= 4 is 62.7 Å². The van der Waals surface area contributed by atoms with Crippen molar-refractivity contribution in [1.29, 1.82) is 0 Å². The minimum absolute atomic E-state index is 0.120. The van der Waals surface area contributed by atoms with Crippen molar-refractivity contribution in [1.82, 2.24) is 15.2 Å². The second-order valence-corrected chi connectivity index (χ2v) is 8.05. The number of carbonyl (C=O) groups excluding carboxylic acids is 1. The summed E-state index contributed by atoms with van der Waals surface area (Å²) in [7, 11) is 1.81. The van der Waals surface area contributed by atoms with Gasteiger partial charge in [-0.05, 0) is 18.2 Å². The highest BCUT2D eigenvalue weighted by atomic mass is 35.5. The lowest BCUT2D eigenvalue weighted by Crippen LogP contribution is -2.14. The Bertz CT molecular complexity index is 795. The van der Waals surface area contributed by atoms with E-state index in [0.717, 1.165) is 10.1 Å². The van der Waals surface area contributed by atoms with Crippen LogP contribution >= 0.6 is 46.7 Å². The molecular formula is C14H13Cl2N5OS2. The minimum atomic E-state index is -0.141. The first-order valence-corrected chi connectivity index (χ1v) is 9.50. The lowest BCUT2D eigenvalue weighted by atomic mass is 10.3. The van der Waals surface area contributed by atoms with Gasteiger partial charge >= 0.3 is 0 Å². The fourth-order valence-corrected chi connectivity index (χ4v) is 4.42. The highest BCUT2D eigenvalue weighted by molar-refractivity contribution is 8.39. The van der Waals surface area contributed by atoms with Crippen molar-refractivity contribution in [2.24, 2.45) is 12.1 Å². The Morgan fingerprint density at radius 2 is 2.33 bits per heavy atom. The third-order valence-corrected chi connectivity index (χ3v) is 5.76. The molecule has 126 valence electrons. The Hall–Kier alpha value is -1.35. The van der Waals surface area contributed by atoms with Crippen LogP contribution < -0.4 is 10.7 Å². The van der Waals surface area contributed by atoms with Gasteiger partial charge in [0.15, 0.2) is 4.38 Å². The van der Waals surface area contributed by atoms with E-state index in [1.807, 2.05) is 7.05 Å². The maximum Gasteiger partial charge on any atom is 0.234 e. The molecule has 1 aromatic carbocycles. The van der Waals surface area contributed by atoms with Gasteiger partial charge in [-0.25, -0.2) is 0 Å². The molecule has 2 aromatic rings. The van der Waals surface area contributed by atoms with Crippen LogP contribution in [-0.2, 0) is 11.8 Å². The van der Waals surface area contributed by atoms with E-state index >= 15 is 0 Å². The summed E-state index contributed by atoms with van der Waals surface area (Å²) < 4.78 is 2.42. The van der Waals surface area contributed by atoms with Crippen LogP contribution in [0.15, 0.2) is 35.6 Å². The Labute approximate surface area is 157 Å². The fourth-order valence-electron chi connectivity index (χ4n) is 1.99. The largest absolute Gasteiger partial charge is 0.325 e. The molecule has 3 rings (SSSR count). The summed E-state index contributed by atoms with van der Waals surface area (Å²) in [5, 5.41) is 12.4. The molecule has 0 spiro atoms. The maximum atomic E-state index is 12.0. The summed E-state index contributed by atoms with van der Waals surface area (Å²) in [6, 6.07) is 7.03. The molecule has 1 atom stereocenters. The first-order chi connectivity index (χ1) is 11.5. The molecule has 0 bridgehead atoms. The van der Waals surface area contributed by atoms with E-state index in [1.54, 1.807) is 35.1 Å². The Morgan fingerprint density at radius 3 is 3.04 bits per heavy atom. The van der Waals surface area contributed by atoms with Gasteiger partial charge in [0.25, 0.3) is 0 Å². The van der Waals surface area contributed by atoms with Crippen molar-refractivity contribution in [2.45, 2.75) is 5.37 Å². The number of rotatable bonds is 4. The van der Waals surface area contributed by atoms with E-state index in [-0.39, 0.29) is 17.0 Å². The predicted octanol–water partition coefficient (Wildman–Crippen LogP) is 3.70. The third-order valence-electron chi connectivity index (χ3n) is 2.99. The van der Waals surface area contributed by atoms with Gasteiger partial charge in [-0.3, -0.25) is 14.9 Å². The van der Waals surface area contributed by atoms with Crippen LogP contribution in [0.5, 0.6) is 0 Å². The monoisotopic (exact) mass is 401 g/mol. The highest BCUT2D eigenvalue weighted by Crippen LogP contribution is 2.37. The topological polar surface area (TPSA) is 71.3 Å². The van der Waals surface area contributed by atoms with Gasteiger partial charge in [0, 0.05) is 24.0 Å². The molecule has 24 heavy (non-hydrogen) atoms. The van der Waals surface area contributed by atoms with Crippen LogP contribution in [0.4, 0.5) is 5.69 Å². The van der Waals surface area contributed by atoms with Gasteiger partial charge < -0.3 is 5.32 Å². The fraction of sp³-hybridized carbons (Fsp3) is 0.214. The molecule has 0 radical (unpaired) electrons. The molecule has 10 heteroatoms. The van der Waals surface area contributed by atoms with Crippen LogP contribution in [0.2, 0.25) is 10.0 Å². The number of thioether (sulfide) groups is 2. The third kappa shape index (κ3) is 4.38. The lowest BCUT2D eigenvalue weighted by molar-refractivity contribution is -0.113. The second-order valence-electron chi connectivity index (χ2n) is 4.89.